The summed E-state index contributed by atoms with van der Waals surface area (Å²) in [6, 6.07) is 7.54. The number of aromatic nitrogens is 6. The number of benzene rings is 2. The highest BCUT2D eigenvalue weighted by atomic mass is 19.4. The maximum absolute atomic E-state index is 15.5. The largest absolute Gasteiger partial charge is 0.492 e. The molecule has 0 bridgehead atoms. The van der Waals surface area contributed by atoms with Gasteiger partial charge < -0.3 is 14.6 Å². The van der Waals surface area contributed by atoms with Gasteiger partial charge in [-0.05, 0) is 30.0 Å². The third kappa shape index (κ3) is 4.47. The quantitative estimate of drug-likeness (QED) is 0.252. The van der Waals surface area contributed by atoms with Crippen molar-refractivity contribution in [2.45, 2.75) is 45.8 Å². The van der Waals surface area contributed by atoms with E-state index in [9.17, 15) is 13.2 Å². The summed E-state index contributed by atoms with van der Waals surface area (Å²) in [6.07, 6.45) is 0.555. The van der Waals surface area contributed by atoms with Crippen LogP contribution < -0.4 is 9.64 Å². The lowest BCUT2D eigenvalue weighted by Crippen LogP contribution is -2.31. The summed E-state index contributed by atoms with van der Waals surface area (Å²) < 4.78 is 62.0. The van der Waals surface area contributed by atoms with Crippen LogP contribution in [0.15, 0.2) is 43.0 Å². The van der Waals surface area contributed by atoms with Crippen LogP contribution in [-0.2, 0) is 32.0 Å². The normalized spacial score (nSPS) is 13.6. The molecule has 1 aliphatic heterocycles. The Balaban J connectivity index is 1.58. The average molecular weight is 566 g/mol. The van der Waals surface area contributed by atoms with Crippen LogP contribution in [0.2, 0.25) is 0 Å². The van der Waals surface area contributed by atoms with E-state index in [1.807, 2.05) is 15.6 Å². The van der Waals surface area contributed by atoms with Crippen molar-refractivity contribution in [2.75, 3.05) is 18.6 Å². The Hall–Kier alpha value is -4.48. The third-order valence-corrected chi connectivity index (χ3v) is 7.53. The summed E-state index contributed by atoms with van der Waals surface area (Å²) >= 11 is 0. The van der Waals surface area contributed by atoms with Crippen molar-refractivity contribution in [2.24, 2.45) is 0 Å². The molecule has 0 amide bonds. The summed E-state index contributed by atoms with van der Waals surface area (Å²) in [5, 5.41) is 5.06. The number of anilines is 1. The molecule has 0 fully saturated rings. The predicted molar refractivity (Wildman–Crippen MR) is 146 cm³/mol. The van der Waals surface area contributed by atoms with Gasteiger partial charge in [0, 0.05) is 43.0 Å². The maximum atomic E-state index is 15.5. The van der Waals surface area contributed by atoms with Gasteiger partial charge in [-0.25, -0.2) is 24.0 Å². The van der Waals surface area contributed by atoms with E-state index >= 15 is 4.39 Å². The molecule has 4 heterocycles. The number of ether oxygens (including phenoxy) is 1. The number of alkyl halides is 3. The Kier molecular flexibility index (Phi) is 6.63. The van der Waals surface area contributed by atoms with Crippen LogP contribution in [-0.4, -0.2) is 43.4 Å². The predicted octanol–water partition coefficient (Wildman–Crippen LogP) is 6.06. The molecule has 3 aromatic heterocycles. The molecule has 0 atom stereocenters. The second-order valence-electron chi connectivity index (χ2n) is 9.82. The van der Waals surface area contributed by atoms with Gasteiger partial charge in [-0.15, -0.1) is 0 Å². The smallest absolute Gasteiger partial charge is 0.419 e. The minimum Gasteiger partial charge on any atom is -0.492 e. The zero-order valence-electron chi connectivity index (χ0n) is 22.7. The second-order valence-corrected chi connectivity index (χ2v) is 9.82. The number of nitrogens with zero attached hydrogens (tertiary/aromatic N) is 6. The van der Waals surface area contributed by atoms with Crippen molar-refractivity contribution in [1.82, 2.24) is 29.7 Å². The zero-order valence-corrected chi connectivity index (χ0v) is 22.7. The van der Waals surface area contributed by atoms with E-state index in [1.165, 1.54) is 19.5 Å². The van der Waals surface area contributed by atoms with Crippen LogP contribution in [0.4, 0.5) is 23.5 Å². The minimum atomic E-state index is -4.53. The van der Waals surface area contributed by atoms with Gasteiger partial charge >= 0.3 is 6.18 Å². The molecule has 0 spiro atoms. The van der Waals surface area contributed by atoms with Gasteiger partial charge in [0.05, 0.1) is 36.1 Å². The molecule has 0 radical (unpaired) electrons. The van der Waals surface area contributed by atoms with E-state index in [2.05, 4.69) is 45.9 Å². The summed E-state index contributed by atoms with van der Waals surface area (Å²) in [4.78, 5) is 17.3. The Morgan fingerprint density at radius 3 is 2.39 bits per heavy atom. The van der Waals surface area contributed by atoms with Crippen molar-refractivity contribution >= 4 is 17.0 Å². The van der Waals surface area contributed by atoms with E-state index in [-0.39, 0.29) is 18.2 Å². The minimum absolute atomic E-state index is 0.0594. The first-order valence-electron chi connectivity index (χ1n) is 13.3. The summed E-state index contributed by atoms with van der Waals surface area (Å²) in [7, 11) is 1.40. The topological polar surface area (TPSA) is 84.8 Å². The van der Waals surface area contributed by atoms with Crippen LogP contribution in [0.1, 0.15) is 41.8 Å². The van der Waals surface area contributed by atoms with Gasteiger partial charge in [0.25, 0.3) is 0 Å². The molecule has 6 rings (SSSR count). The molecule has 2 aromatic carbocycles. The number of H-pyrrole nitrogens is 1. The van der Waals surface area contributed by atoms with Gasteiger partial charge in [0.15, 0.2) is 11.6 Å². The lowest BCUT2D eigenvalue weighted by Gasteiger charge is -2.27. The van der Waals surface area contributed by atoms with E-state index < -0.39 is 17.6 Å². The fraction of sp³-hybridized carbons (Fsp3) is 0.310. The standard InChI is InChI=1S/C29H27F4N7O/c1-4-16-7-6-8-17(5-2)25(16)40-26(19-11-21(30)27(41-3)24-23(19)36-15-37-24)20-14-39(10-9-22(20)38-40)28-34-12-18(13-35-28)29(31,32)33/h6-8,11-13,15H,4-5,9-10,14H2,1-3H3,(H,36,37). The van der Waals surface area contributed by atoms with Crippen LogP contribution in [0.3, 0.4) is 0 Å². The summed E-state index contributed by atoms with van der Waals surface area (Å²) in [6.45, 7) is 4.87. The fourth-order valence-corrected chi connectivity index (χ4v) is 5.53. The summed E-state index contributed by atoms with van der Waals surface area (Å²) in [5.74, 6) is -0.320. The Bertz CT molecular complexity index is 1720. The van der Waals surface area contributed by atoms with Crippen molar-refractivity contribution < 1.29 is 22.3 Å². The van der Waals surface area contributed by atoms with E-state index in [1.54, 1.807) is 0 Å². The van der Waals surface area contributed by atoms with Gasteiger partial charge in [0.1, 0.15) is 11.0 Å². The number of halogens is 4. The fourth-order valence-electron chi connectivity index (χ4n) is 5.53. The Morgan fingerprint density at radius 1 is 1.05 bits per heavy atom. The molecule has 1 aliphatic rings. The molecule has 0 saturated carbocycles. The number of rotatable bonds is 6. The van der Waals surface area contributed by atoms with E-state index in [0.717, 1.165) is 53.3 Å². The maximum Gasteiger partial charge on any atom is 0.419 e. The van der Waals surface area contributed by atoms with Crippen LogP contribution >= 0.6 is 0 Å². The number of methoxy groups -OCH3 is 1. The van der Waals surface area contributed by atoms with Crippen LogP contribution in [0, 0.1) is 5.82 Å². The van der Waals surface area contributed by atoms with Gasteiger partial charge in [-0.2, -0.15) is 18.3 Å². The summed E-state index contributed by atoms with van der Waals surface area (Å²) in [5.41, 5.74) is 5.93. The molecule has 41 heavy (non-hydrogen) atoms. The molecular weight excluding hydrogens is 538 g/mol. The number of fused-ring (bicyclic) bond motifs is 2. The molecular formula is C29H27F4N7O. The second kappa shape index (κ2) is 10.2. The SMILES string of the molecule is CCc1cccc(CC)c1-n1nc2c(c1-c1cc(F)c(OC)c3[nH]cnc13)CN(c1ncc(C(F)(F)F)cn1)CC2. The lowest BCUT2D eigenvalue weighted by atomic mass is 9.98. The average Bonchev–Trinajstić information content (AvgIpc) is 3.61. The zero-order chi connectivity index (χ0) is 28.9. The van der Waals surface area contributed by atoms with Crippen molar-refractivity contribution in [1.29, 1.82) is 0 Å². The molecule has 0 saturated heterocycles. The number of nitrogens with one attached hydrogen (secondary N) is 1. The highest BCUT2D eigenvalue weighted by molar-refractivity contribution is 5.96. The molecule has 0 unspecified atom stereocenters. The first-order valence-corrected chi connectivity index (χ1v) is 13.3. The highest BCUT2D eigenvalue weighted by Crippen LogP contribution is 2.41. The Morgan fingerprint density at radius 2 is 1.76 bits per heavy atom. The molecule has 1 N–H and O–H groups in total. The third-order valence-electron chi connectivity index (χ3n) is 7.53. The van der Waals surface area contributed by atoms with Crippen molar-refractivity contribution in [3.05, 3.63) is 76.8 Å². The van der Waals surface area contributed by atoms with Gasteiger partial charge in [-0.1, -0.05) is 32.0 Å². The number of aryl methyl sites for hydroxylation is 2. The molecule has 0 aliphatic carbocycles. The number of hydrogen-bond donors (Lipinski definition) is 1. The number of para-hydroxylation sites is 1. The van der Waals surface area contributed by atoms with Crippen molar-refractivity contribution in [3.8, 4) is 22.7 Å². The van der Waals surface area contributed by atoms with Crippen molar-refractivity contribution in [3.63, 3.8) is 0 Å². The van der Waals surface area contributed by atoms with Crippen LogP contribution in [0.25, 0.3) is 28.0 Å². The first kappa shape index (κ1) is 26.7. The highest BCUT2D eigenvalue weighted by Gasteiger charge is 2.33. The molecule has 5 aromatic rings. The number of imidazole rings is 1. The van der Waals surface area contributed by atoms with Crippen LogP contribution in [0.5, 0.6) is 5.75 Å². The van der Waals surface area contributed by atoms with E-state index in [4.69, 9.17) is 9.84 Å². The first-order chi connectivity index (χ1) is 19.7. The number of aromatic amines is 1. The van der Waals surface area contributed by atoms with Gasteiger partial charge in [-0.3, -0.25) is 0 Å². The molecule has 12 heteroatoms. The Labute approximate surface area is 233 Å². The van der Waals surface area contributed by atoms with E-state index in [0.29, 0.717) is 35.3 Å². The van der Waals surface area contributed by atoms with Gasteiger partial charge in [0.2, 0.25) is 5.95 Å². The molecule has 8 nitrogen and oxygen atoms in total. The lowest BCUT2D eigenvalue weighted by molar-refractivity contribution is -0.138. The number of hydrogen-bond acceptors (Lipinski definition) is 6. The monoisotopic (exact) mass is 565 g/mol. The molecule has 212 valence electrons.